The normalized spacial score (nSPS) is 14.4. The number of esters is 1. The van der Waals surface area contributed by atoms with Crippen LogP contribution < -0.4 is 14.8 Å². The molecule has 184 valence electrons. The van der Waals surface area contributed by atoms with Crippen LogP contribution in [0, 0.1) is 5.82 Å². The van der Waals surface area contributed by atoms with Crippen LogP contribution >= 0.6 is 11.8 Å². The molecule has 1 fully saturated rings. The standard InChI is InChI=1S/C24H23FN2O7S/c1-14(2)34-22(29)13-33-18-9-4-15(10-19(18)32-3)11-20-23(30)27(24(31)35-20)12-21(28)26-17-7-5-16(25)6-8-17/h4-11,14H,12-13H2,1-3H3,(H,26,28)/b20-11-. The molecule has 0 radical (unpaired) electrons. The fourth-order valence-electron chi connectivity index (χ4n) is 2.99. The lowest BCUT2D eigenvalue weighted by Gasteiger charge is -2.13. The number of nitrogens with zero attached hydrogens (tertiary/aromatic N) is 1. The Labute approximate surface area is 205 Å². The summed E-state index contributed by atoms with van der Waals surface area (Å²) < 4.78 is 28.8. The van der Waals surface area contributed by atoms with Crippen molar-refractivity contribution < 1.29 is 37.8 Å². The first kappa shape index (κ1) is 25.8. The molecule has 9 nitrogen and oxygen atoms in total. The van der Waals surface area contributed by atoms with Gasteiger partial charge < -0.3 is 19.5 Å². The molecule has 0 aromatic heterocycles. The molecule has 0 atom stereocenters. The molecule has 2 aromatic carbocycles. The van der Waals surface area contributed by atoms with Crippen LogP contribution in [0.5, 0.6) is 11.5 Å². The lowest BCUT2D eigenvalue weighted by atomic mass is 10.2. The Morgan fingerprint density at radius 2 is 1.83 bits per heavy atom. The third kappa shape index (κ3) is 7.06. The number of halogens is 1. The SMILES string of the molecule is COc1cc(/C=C2\SC(=O)N(CC(=O)Nc3ccc(F)cc3)C2=O)ccc1OCC(=O)OC(C)C. The fraction of sp³-hybridized carbons (Fsp3) is 0.250. The summed E-state index contributed by atoms with van der Waals surface area (Å²) >= 11 is 0.700. The van der Waals surface area contributed by atoms with Crippen LogP contribution in [-0.2, 0) is 19.1 Å². The van der Waals surface area contributed by atoms with Gasteiger partial charge in [-0.1, -0.05) is 6.07 Å². The number of thioether (sulfide) groups is 1. The summed E-state index contributed by atoms with van der Waals surface area (Å²) in [4.78, 5) is 49.9. The number of anilines is 1. The molecule has 2 aromatic rings. The van der Waals surface area contributed by atoms with Gasteiger partial charge in [0.15, 0.2) is 18.1 Å². The Balaban J connectivity index is 1.66. The van der Waals surface area contributed by atoms with E-state index in [1.54, 1.807) is 32.0 Å². The highest BCUT2D eigenvalue weighted by atomic mass is 32.2. The molecule has 0 unspecified atom stereocenters. The number of imide groups is 1. The second-order valence-corrected chi connectivity index (χ2v) is 8.55. The molecule has 1 heterocycles. The number of nitrogens with one attached hydrogen (secondary N) is 1. The number of ether oxygens (including phenoxy) is 3. The summed E-state index contributed by atoms with van der Waals surface area (Å²) in [5, 5.41) is 1.92. The molecule has 3 amide bonds. The van der Waals surface area contributed by atoms with Crippen LogP contribution in [0.3, 0.4) is 0 Å². The average molecular weight is 503 g/mol. The van der Waals surface area contributed by atoms with E-state index >= 15 is 0 Å². The fourth-order valence-corrected chi connectivity index (χ4v) is 3.83. The first-order valence-corrected chi connectivity index (χ1v) is 11.3. The number of hydrogen-bond acceptors (Lipinski definition) is 8. The molecule has 0 saturated carbocycles. The number of benzene rings is 2. The summed E-state index contributed by atoms with van der Waals surface area (Å²) in [6.07, 6.45) is 1.22. The van der Waals surface area contributed by atoms with E-state index in [1.165, 1.54) is 37.5 Å². The lowest BCUT2D eigenvalue weighted by Crippen LogP contribution is -2.36. The zero-order valence-electron chi connectivity index (χ0n) is 19.2. The molecular weight excluding hydrogens is 479 g/mol. The van der Waals surface area contributed by atoms with Gasteiger partial charge in [-0.05, 0) is 73.6 Å². The van der Waals surface area contributed by atoms with Crippen molar-refractivity contribution in [3.05, 3.63) is 58.8 Å². The van der Waals surface area contributed by atoms with Gasteiger partial charge in [0, 0.05) is 5.69 Å². The predicted molar refractivity (Wildman–Crippen MR) is 127 cm³/mol. The zero-order valence-corrected chi connectivity index (χ0v) is 20.0. The maximum absolute atomic E-state index is 13.0. The maximum Gasteiger partial charge on any atom is 0.344 e. The van der Waals surface area contributed by atoms with E-state index in [2.05, 4.69) is 5.32 Å². The summed E-state index contributed by atoms with van der Waals surface area (Å²) in [5.41, 5.74) is 0.881. The van der Waals surface area contributed by atoms with Crippen molar-refractivity contribution in [2.24, 2.45) is 0 Å². The third-order valence-corrected chi connectivity index (χ3v) is 5.41. The Morgan fingerprint density at radius 3 is 2.49 bits per heavy atom. The van der Waals surface area contributed by atoms with E-state index in [9.17, 15) is 23.6 Å². The first-order chi connectivity index (χ1) is 16.7. The highest BCUT2D eigenvalue weighted by Gasteiger charge is 2.36. The molecule has 1 saturated heterocycles. The van der Waals surface area contributed by atoms with Crippen LogP contribution in [0.1, 0.15) is 19.4 Å². The van der Waals surface area contributed by atoms with Gasteiger partial charge in [0.05, 0.1) is 18.1 Å². The van der Waals surface area contributed by atoms with Gasteiger partial charge in [0.2, 0.25) is 5.91 Å². The van der Waals surface area contributed by atoms with Gasteiger partial charge >= 0.3 is 5.97 Å². The molecule has 0 spiro atoms. The van der Waals surface area contributed by atoms with Crippen LogP contribution in [0.2, 0.25) is 0 Å². The maximum atomic E-state index is 13.0. The van der Waals surface area contributed by atoms with Gasteiger partial charge in [-0.15, -0.1) is 0 Å². The molecule has 35 heavy (non-hydrogen) atoms. The molecular formula is C24H23FN2O7S. The topological polar surface area (TPSA) is 111 Å². The molecule has 1 aliphatic rings. The van der Waals surface area contributed by atoms with Crippen LogP contribution in [0.4, 0.5) is 14.9 Å². The minimum absolute atomic E-state index is 0.126. The minimum atomic E-state index is -0.620. The Bertz CT molecular complexity index is 1160. The Morgan fingerprint density at radius 1 is 1.11 bits per heavy atom. The average Bonchev–Trinajstić information content (AvgIpc) is 3.06. The quantitative estimate of drug-likeness (QED) is 0.407. The van der Waals surface area contributed by atoms with E-state index in [4.69, 9.17) is 14.2 Å². The van der Waals surface area contributed by atoms with Crippen molar-refractivity contribution in [2.45, 2.75) is 20.0 Å². The number of carbonyl (C=O) groups is 4. The Hall–Kier alpha value is -3.86. The molecule has 1 aliphatic heterocycles. The van der Waals surface area contributed by atoms with Crippen molar-refractivity contribution >= 4 is 46.5 Å². The molecule has 0 bridgehead atoms. The number of rotatable bonds is 9. The Kier molecular flexibility index (Phi) is 8.48. The van der Waals surface area contributed by atoms with E-state index < -0.39 is 35.4 Å². The predicted octanol–water partition coefficient (Wildman–Crippen LogP) is 3.84. The van der Waals surface area contributed by atoms with Gasteiger partial charge in [-0.3, -0.25) is 19.3 Å². The summed E-state index contributed by atoms with van der Waals surface area (Å²) in [6.45, 7) is 2.68. The van der Waals surface area contributed by atoms with Gasteiger partial charge in [-0.2, -0.15) is 0 Å². The monoisotopic (exact) mass is 502 g/mol. The van der Waals surface area contributed by atoms with Crippen LogP contribution in [0.25, 0.3) is 6.08 Å². The largest absolute Gasteiger partial charge is 0.493 e. The molecule has 1 N–H and O–H groups in total. The zero-order chi connectivity index (χ0) is 25.5. The second-order valence-electron chi connectivity index (χ2n) is 7.56. The van der Waals surface area contributed by atoms with E-state index in [-0.39, 0.29) is 17.6 Å². The second kappa shape index (κ2) is 11.5. The van der Waals surface area contributed by atoms with Crippen molar-refractivity contribution in [2.75, 3.05) is 25.6 Å². The van der Waals surface area contributed by atoms with E-state index in [0.717, 1.165) is 4.90 Å². The van der Waals surface area contributed by atoms with Gasteiger partial charge in [-0.25, -0.2) is 9.18 Å². The summed E-state index contributed by atoms with van der Waals surface area (Å²) in [7, 11) is 1.42. The summed E-state index contributed by atoms with van der Waals surface area (Å²) in [6, 6.07) is 9.87. The van der Waals surface area contributed by atoms with Crippen molar-refractivity contribution in [3.8, 4) is 11.5 Å². The van der Waals surface area contributed by atoms with Crippen molar-refractivity contribution in [1.29, 1.82) is 0 Å². The van der Waals surface area contributed by atoms with Crippen molar-refractivity contribution in [1.82, 2.24) is 4.90 Å². The highest BCUT2D eigenvalue weighted by Crippen LogP contribution is 2.34. The number of methoxy groups -OCH3 is 1. The highest BCUT2D eigenvalue weighted by molar-refractivity contribution is 8.18. The van der Waals surface area contributed by atoms with Crippen LogP contribution in [0.15, 0.2) is 47.4 Å². The van der Waals surface area contributed by atoms with E-state index in [1.807, 2.05) is 0 Å². The van der Waals surface area contributed by atoms with E-state index in [0.29, 0.717) is 34.5 Å². The smallest absolute Gasteiger partial charge is 0.344 e. The van der Waals surface area contributed by atoms with Crippen LogP contribution in [-0.4, -0.2) is 54.3 Å². The first-order valence-electron chi connectivity index (χ1n) is 10.5. The van der Waals surface area contributed by atoms with Gasteiger partial charge in [0.1, 0.15) is 12.4 Å². The molecule has 0 aliphatic carbocycles. The minimum Gasteiger partial charge on any atom is -0.493 e. The number of amides is 3. The summed E-state index contributed by atoms with van der Waals surface area (Å²) in [5.74, 6) is -1.58. The lowest BCUT2D eigenvalue weighted by molar-refractivity contribution is -0.149. The third-order valence-electron chi connectivity index (χ3n) is 4.50. The number of hydrogen-bond donors (Lipinski definition) is 1. The van der Waals surface area contributed by atoms with Crippen molar-refractivity contribution in [3.63, 3.8) is 0 Å². The molecule has 11 heteroatoms. The molecule has 3 rings (SSSR count). The number of carbonyl (C=O) groups excluding carboxylic acids is 4. The van der Waals surface area contributed by atoms with Gasteiger partial charge in [0.25, 0.3) is 11.1 Å².